The second kappa shape index (κ2) is 9.52. The Kier molecular flexibility index (Phi) is 6.35. The molecule has 2 aromatic carbocycles. The van der Waals surface area contributed by atoms with Crippen LogP contribution in [0.25, 0.3) is 16.9 Å². The van der Waals surface area contributed by atoms with Crippen molar-refractivity contribution in [3.63, 3.8) is 0 Å². The van der Waals surface area contributed by atoms with Crippen LogP contribution in [0.5, 0.6) is 5.75 Å². The lowest BCUT2D eigenvalue weighted by atomic mass is 10.1. The van der Waals surface area contributed by atoms with E-state index >= 15 is 0 Å². The maximum Gasteiger partial charge on any atom is 0.289 e. The number of rotatable bonds is 7. The molecule has 0 aliphatic heterocycles. The summed E-state index contributed by atoms with van der Waals surface area (Å²) in [6.45, 7) is 8.30. The molecule has 0 atom stereocenters. The Labute approximate surface area is 192 Å². The molecular formula is C25H26N6O2. The number of amides is 1. The molecule has 1 amide bonds. The number of hydrogen-bond donors (Lipinski definition) is 2. The van der Waals surface area contributed by atoms with Gasteiger partial charge in [0.15, 0.2) is 0 Å². The Balaban J connectivity index is 1.50. The van der Waals surface area contributed by atoms with Crippen molar-refractivity contribution in [1.82, 2.24) is 25.4 Å². The molecule has 0 saturated carbocycles. The largest absolute Gasteiger partial charge is 0.494 e. The van der Waals surface area contributed by atoms with Crippen LogP contribution in [-0.2, 0) is 0 Å². The van der Waals surface area contributed by atoms with Crippen molar-refractivity contribution in [1.29, 1.82) is 0 Å². The van der Waals surface area contributed by atoms with Gasteiger partial charge in [0.05, 0.1) is 35.1 Å². The molecule has 2 heterocycles. The Morgan fingerprint density at radius 2 is 1.85 bits per heavy atom. The molecule has 8 heteroatoms. The van der Waals surface area contributed by atoms with Crippen molar-refractivity contribution < 1.29 is 9.53 Å². The third-order valence-corrected chi connectivity index (χ3v) is 5.28. The highest BCUT2D eigenvalue weighted by atomic mass is 16.5. The van der Waals surface area contributed by atoms with E-state index in [0.717, 1.165) is 34.0 Å². The van der Waals surface area contributed by atoms with Gasteiger partial charge in [-0.05, 0) is 75.7 Å². The second-order valence-electron chi connectivity index (χ2n) is 7.56. The van der Waals surface area contributed by atoms with Crippen LogP contribution in [0.4, 0.5) is 0 Å². The Morgan fingerprint density at radius 1 is 1.12 bits per heavy atom. The van der Waals surface area contributed by atoms with Gasteiger partial charge in [0.2, 0.25) is 0 Å². The number of nitrogens with one attached hydrogen (secondary N) is 2. The third-order valence-electron chi connectivity index (χ3n) is 5.28. The third kappa shape index (κ3) is 4.69. The molecule has 0 aliphatic rings. The molecule has 8 nitrogen and oxygen atoms in total. The molecule has 0 bridgehead atoms. The van der Waals surface area contributed by atoms with Gasteiger partial charge < -0.3 is 4.74 Å². The summed E-state index contributed by atoms with van der Waals surface area (Å²) in [7, 11) is 0. The van der Waals surface area contributed by atoms with Crippen LogP contribution in [-0.4, -0.2) is 38.2 Å². The van der Waals surface area contributed by atoms with Crippen LogP contribution >= 0.6 is 0 Å². The number of carbonyl (C=O) groups excluding carboxylic acids is 1. The smallest absolute Gasteiger partial charge is 0.289 e. The van der Waals surface area contributed by atoms with E-state index in [4.69, 9.17) is 4.74 Å². The van der Waals surface area contributed by atoms with Gasteiger partial charge in [-0.25, -0.2) is 10.1 Å². The van der Waals surface area contributed by atoms with Gasteiger partial charge >= 0.3 is 0 Å². The first-order valence-electron chi connectivity index (χ1n) is 10.7. The zero-order valence-electron chi connectivity index (χ0n) is 19.1. The maximum atomic E-state index is 12.6. The second-order valence-corrected chi connectivity index (χ2v) is 7.56. The Morgan fingerprint density at radius 3 is 2.55 bits per heavy atom. The molecule has 2 aromatic heterocycles. The van der Waals surface area contributed by atoms with E-state index in [1.807, 2.05) is 87.0 Å². The fourth-order valence-electron chi connectivity index (χ4n) is 3.62. The van der Waals surface area contributed by atoms with Crippen LogP contribution in [0.2, 0.25) is 0 Å². The first-order chi connectivity index (χ1) is 16.0. The lowest BCUT2D eigenvalue weighted by Crippen LogP contribution is -2.19. The highest BCUT2D eigenvalue weighted by molar-refractivity contribution is 6.00. The highest BCUT2D eigenvalue weighted by Crippen LogP contribution is 2.27. The van der Waals surface area contributed by atoms with E-state index < -0.39 is 0 Å². The fourth-order valence-corrected chi connectivity index (χ4v) is 3.62. The summed E-state index contributed by atoms with van der Waals surface area (Å²) < 4.78 is 7.33. The first-order valence-corrected chi connectivity index (χ1v) is 10.7. The molecule has 0 fully saturated rings. The van der Waals surface area contributed by atoms with Gasteiger partial charge in [0.1, 0.15) is 11.4 Å². The lowest BCUT2D eigenvalue weighted by molar-refractivity contribution is 0.0950. The molecule has 0 saturated heterocycles. The summed E-state index contributed by atoms with van der Waals surface area (Å²) in [5.41, 5.74) is 8.78. The molecule has 0 aliphatic carbocycles. The number of hydrogen-bond acceptors (Lipinski definition) is 5. The van der Waals surface area contributed by atoms with Crippen LogP contribution in [0.15, 0.2) is 65.8 Å². The minimum absolute atomic E-state index is 0.319. The molecule has 0 unspecified atom stereocenters. The molecule has 168 valence electrons. The SMILES string of the molecule is CCOc1ccc(/C(C)=N\NC(=O)c2cc(-c3c(C)nn(-c4ccccc4)c3C)n[nH]2)cc1. The standard InChI is InChI=1S/C25H26N6O2/c1-5-33-21-13-11-19(12-14-21)16(2)26-29-25(32)23-15-22(27-28-23)24-17(3)30-31(18(24)4)20-9-7-6-8-10-20/h6-15H,5H2,1-4H3,(H,27,28)(H,29,32)/b26-16-. The van der Waals surface area contributed by atoms with Crippen molar-refractivity contribution in [3.8, 4) is 22.7 Å². The molecule has 2 N–H and O–H groups in total. The van der Waals surface area contributed by atoms with E-state index in [-0.39, 0.29) is 5.91 Å². The predicted octanol–water partition coefficient (Wildman–Crippen LogP) is 4.43. The van der Waals surface area contributed by atoms with Crippen molar-refractivity contribution in [2.24, 2.45) is 5.10 Å². The number of ether oxygens (including phenoxy) is 1. The van der Waals surface area contributed by atoms with Crippen LogP contribution in [0, 0.1) is 13.8 Å². The molecule has 0 radical (unpaired) electrons. The monoisotopic (exact) mass is 442 g/mol. The summed E-state index contributed by atoms with van der Waals surface area (Å²) in [6, 6.07) is 19.2. The van der Waals surface area contributed by atoms with Gasteiger partial charge in [-0.2, -0.15) is 15.3 Å². The van der Waals surface area contributed by atoms with Crippen LogP contribution in [0.1, 0.15) is 41.3 Å². The first kappa shape index (κ1) is 22.0. The fraction of sp³-hybridized carbons (Fsp3) is 0.200. The number of H-pyrrole nitrogens is 1. The van der Waals surface area contributed by atoms with E-state index in [1.54, 1.807) is 6.07 Å². The number of para-hydroxylation sites is 1. The van der Waals surface area contributed by atoms with Crippen molar-refractivity contribution in [2.45, 2.75) is 27.7 Å². The van der Waals surface area contributed by atoms with E-state index in [2.05, 4.69) is 25.8 Å². The molecule has 33 heavy (non-hydrogen) atoms. The summed E-state index contributed by atoms with van der Waals surface area (Å²) in [5, 5.41) is 16.0. The van der Waals surface area contributed by atoms with Gasteiger partial charge in [-0.3, -0.25) is 9.89 Å². The number of hydrazone groups is 1. The van der Waals surface area contributed by atoms with Gasteiger partial charge in [-0.1, -0.05) is 18.2 Å². The number of nitrogens with zero attached hydrogens (tertiary/aromatic N) is 4. The zero-order valence-corrected chi connectivity index (χ0v) is 19.1. The molecule has 0 spiro atoms. The number of carbonyl (C=O) groups is 1. The minimum Gasteiger partial charge on any atom is -0.494 e. The lowest BCUT2D eigenvalue weighted by Gasteiger charge is -2.05. The molecular weight excluding hydrogens is 416 g/mol. The van der Waals surface area contributed by atoms with Crippen LogP contribution < -0.4 is 10.2 Å². The zero-order chi connectivity index (χ0) is 23.4. The summed E-state index contributed by atoms with van der Waals surface area (Å²) in [4.78, 5) is 12.6. The van der Waals surface area contributed by atoms with E-state index in [0.29, 0.717) is 23.7 Å². The maximum absolute atomic E-state index is 12.6. The van der Waals surface area contributed by atoms with Gasteiger partial charge in [0.25, 0.3) is 5.91 Å². The van der Waals surface area contributed by atoms with Crippen LogP contribution in [0.3, 0.4) is 0 Å². The average Bonchev–Trinajstić information content (AvgIpc) is 3.42. The number of aryl methyl sites for hydroxylation is 1. The molecule has 4 rings (SSSR count). The summed E-state index contributed by atoms with van der Waals surface area (Å²) in [6.07, 6.45) is 0. The average molecular weight is 443 g/mol. The minimum atomic E-state index is -0.371. The summed E-state index contributed by atoms with van der Waals surface area (Å²) >= 11 is 0. The Hall–Kier alpha value is -4.20. The van der Waals surface area contributed by atoms with Gasteiger partial charge in [-0.15, -0.1) is 0 Å². The molecule has 4 aromatic rings. The van der Waals surface area contributed by atoms with Gasteiger partial charge in [0, 0.05) is 5.56 Å². The predicted molar refractivity (Wildman–Crippen MR) is 128 cm³/mol. The highest BCUT2D eigenvalue weighted by Gasteiger charge is 2.19. The van der Waals surface area contributed by atoms with Crippen molar-refractivity contribution >= 4 is 11.6 Å². The number of aromatic amines is 1. The Bertz CT molecular complexity index is 1290. The number of benzene rings is 2. The summed E-state index contributed by atoms with van der Waals surface area (Å²) in [5.74, 6) is 0.425. The normalized spacial score (nSPS) is 11.5. The topological polar surface area (TPSA) is 97.2 Å². The van der Waals surface area contributed by atoms with Crippen molar-refractivity contribution in [2.75, 3.05) is 6.61 Å². The van der Waals surface area contributed by atoms with E-state index in [1.165, 1.54) is 0 Å². The van der Waals surface area contributed by atoms with Crippen molar-refractivity contribution in [3.05, 3.63) is 83.3 Å². The van der Waals surface area contributed by atoms with E-state index in [9.17, 15) is 4.79 Å². The quantitative estimate of drug-likeness (QED) is 0.327. The number of aromatic nitrogens is 4.